The first-order valence-electron chi connectivity index (χ1n) is 5.28. The van der Waals surface area contributed by atoms with Crippen molar-refractivity contribution in [3.63, 3.8) is 0 Å². The number of hydrogen-bond donors (Lipinski definition) is 1. The minimum Gasteiger partial charge on any atom is -0.496 e. The maximum atomic E-state index is 12.3. The van der Waals surface area contributed by atoms with Crippen LogP contribution in [0.15, 0.2) is 24.3 Å². The van der Waals surface area contributed by atoms with Gasteiger partial charge in [0.15, 0.2) is 5.92 Å². The summed E-state index contributed by atoms with van der Waals surface area (Å²) in [4.78, 5) is 0. The summed E-state index contributed by atoms with van der Waals surface area (Å²) in [5.41, 5.74) is 0.749. The average molecular weight is 258 g/mol. The van der Waals surface area contributed by atoms with E-state index in [1.165, 1.54) is 13.2 Å². The smallest absolute Gasteiger partial charge is 0.405 e. The second-order valence-electron chi connectivity index (χ2n) is 3.67. The molecule has 0 saturated heterocycles. The van der Waals surface area contributed by atoms with Crippen molar-refractivity contribution in [1.82, 2.24) is 5.32 Å². The van der Waals surface area contributed by atoms with Crippen LogP contribution in [0.2, 0.25) is 0 Å². The highest BCUT2D eigenvalue weighted by Crippen LogP contribution is 2.25. The molecule has 0 heterocycles. The van der Waals surface area contributed by atoms with Crippen molar-refractivity contribution in [2.75, 3.05) is 13.7 Å². The fraction of sp³-hybridized carbons (Fsp3) is 0.417. The van der Waals surface area contributed by atoms with Gasteiger partial charge in [-0.1, -0.05) is 18.2 Å². The maximum Gasteiger partial charge on any atom is 0.405 e. The lowest BCUT2D eigenvalue weighted by Crippen LogP contribution is -2.32. The van der Waals surface area contributed by atoms with E-state index in [9.17, 15) is 13.2 Å². The molecule has 3 nitrogen and oxygen atoms in total. The van der Waals surface area contributed by atoms with Crippen LogP contribution in [-0.2, 0) is 6.54 Å². The van der Waals surface area contributed by atoms with Crippen molar-refractivity contribution in [1.29, 1.82) is 5.26 Å². The Hall–Kier alpha value is -1.74. The summed E-state index contributed by atoms with van der Waals surface area (Å²) < 4.78 is 42.0. The van der Waals surface area contributed by atoms with Crippen molar-refractivity contribution in [2.24, 2.45) is 5.92 Å². The number of nitrogens with one attached hydrogen (secondary N) is 1. The van der Waals surface area contributed by atoms with E-state index in [1.54, 1.807) is 24.3 Å². The zero-order valence-corrected chi connectivity index (χ0v) is 9.79. The fourth-order valence-electron chi connectivity index (χ4n) is 1.43. The predicted molar refractivity (Wildman–Crippen MR) is 59.9 cm³/mol. The fourth-order valence-corrected chi connectivity index (χ4v) is 1.43. The van der Waals surface area contributed by atoms with E-state index in [0.29, 0.717) is 5.75 Å². The van der Waals surface area contributed by atoms with Gasteiger partial charge in [-0.05, 0) is 6.07 Å². The Morgan fingerprint density at radius 2 is 2.06 bits per heavy atom. The van der Waals surface area contributed by atoms with Crippen LogP contribution in [-0.4, -0.2) is 19.8 Å². The molecule has 0 amide bonds. The van der Waals surface area contributed by atoms with Gasteiger partial charge in [-0.2, -0.15) is 18.4 Å². The van der Waals surface area contributed by atoms with E-state index in [0.717, 1.165) is 5.56 Å². The van der Waals surface area contributed by atoms with E-state index < -0.39 is 18.6 Å². The Labute approximate surface area is 103 Å². The van der Waals surface area contributed by atoms with Crippen LogP contribution in [0, 0.1) is 17.2 Å². The van der Waals surface area contributed by atoms with Gasteiger partial charge in [-0.3, -0.25) is 0 Å². The van der Waals surface area contributed by atoms with Gasteiger partial charge < -0.3 is 10.1 Å². The maximum absolute atomic E-state index is 12.3. The topological polar surface area (TPSA) is 45.0 Å². The number of alkyl halides is 3. The molecule has 0 aliphatic rings. The van der Waals surface area contributed by atoms with E-state index in [-0.39, 0.29) is 6.54 Å². The van der Waals surface area contributed by atoms with E-state index in [2.05, 4.69) is 5.32 Å². The average Bonchev–Trinajstić information content (AvgIpc) is 2.33. The number of rotatable bonds is 5. The minimum atomic E-state index is -4.50. The highest BCUT2D eigenvalue weighted by atomic mass is 19.4. The molecule has 98 valence electrons. The van der Waals surface area contributed by atoms with Crippen LogP contribution in [0.25, 0.3) is 0 Å². The second-order valence-corrected chi connectivity index (χ2v) is 3.67. The Bertz CT molecular complexity index is 426. The molecule has 0 radical (unpaired) electrons. The van der Waals surface area contributed by atoms with Crippen molar-refractivity contribution >= 4 is 0 Å². The van der Waals surface area contributed by atoms with Crippen molar-refractivity contribution in [3.8, 4) is 11.8 Å². The number of methoxy groups -OCH3 is 1. The SMILES string of the molecule is COc1ccccc1CNCC(C#N)C(F)(F)F. The number of para-hydroxylation sites is 1. The largest absolute Gasteiger partial charge is 0.496 e. The molecule has 0 saturated carbocycles. The Kier molecular flexibility index (Phi) is 4.98. The molecule has 1 rings (SSSR count). The number of benzene rings is 1. The highest BCUT2D eigenvalue weighted by Gasteiger charge is 2.39. The number of ether oxygens (including phenoxy) is 1. The molecule has 0 aliphatic carbocycles. The van der Waals surface area contributed by atoms with Crippen LogP contribution in [0.5, 0.6) is 5.75 Å². The first-order valence-corrected chi connectivity index (χ1v) is 5.28. The normalized spacial score (nSPS) is 12.8. The quantitative estimate of drug-likeness (QED) is 0.882. The molecular weight excluding hydrogens is 245 g/mol. The molecule has 6 heteroatoms. The van der Waals surface area contributed by atoms with Gasteiger partial charge in [-0.15, -0.1) is 0 Å². The molecule has 0 aliphatic heterocycles. The van der Waals surface area contributed by atoms with Crippen LogP contribution in [0.1, 0.15) is 5.56 Å². The van der Waals surface area contributed by atoms with Gasteiger partial charge in [0.05, 0.1) is 13.2 Å². The molecule has 0 aromatic heterocycles. The third-order valence-electron chi connectivity index (χ3n) is 2.41. The van der Waals surface area contributed by atoms with E-state index >= 15 is 0 Å². The Morgan fingerprint density at radius 3 is 2.61 bits per heavy atom. The van der Waals surface area contributed by atoms with Crippen LogP contribution < -0.4 is 10.1 Å². The zero-order chi connectivity index (χ0) is 13.6. The summed E-state index contributed by atoms with van der Waals surface area (Å²) in [6.45, 7) is -0.212. The van der Waals surface area contributed by atoms with Gasteiger partial charge in [0, 0.05) is 18.7 Å². The van der Waals surface area contributed by atoms with Gasteiger partial charge in [0.25, 0.3) is 0 Å². The Morgan fingerprint density at radius 1 is 1.39 bits per heavy atom. The molecule has 1 N–H and O–H groups in total. The van der Waals surface area contributed by atoms with E-state index in [1.807, 2.05) is 0 Å². The summed E-state index contributed by atoms with van der Waals surface area (Å²) in [6.07, 6.45) is -4.50. The highest BCUT2D eigenvalue weighted by molar-refractivity contribution is 5.32. The summed E-state index contributed by atoms with van der Waals surface area (Å²) in [5, 5.41) is 11.0. The molecule has 0 bridgehead atoms. The Balaban J connectivity index is 2.54. The van der Waals surface area contributed by atoms with Gasteiger partial charge in [-0.25, -0.2) is 0 Å². The molecule has 18 heavy (non-hydrogen) atoms. The lowest BCUT2D eigenvalue weighted by Gasteiger charge is -2.14. The molecular formula is C12H13F3N2O. The summed E-state index contributed by atoms with van der Waals surface area (Å²) in [6, 6.07) is 8.26. The van der Waals surface area contributed by atoms with Crippen molar-refractivity contribution in [3.05, 3.63) is 29.8 Å². The van der Waals surface area contributed by atoms with Crippen LogP contribution in [0.3, 0.4) is 0 Å². The number of hydrogen-bond acceptors (Lipinski definition) is 3. The van der Waals surface area contributed by atoms with E-state index in [4.69, 9.17) is 10.00 Å². The molecule has 1 unspecified atom stereocenters. The second kappa shape index (κ2) is 6.26. The van der Waals surface area contributed by atoms with Gasteiger partial charge >= 0.3 is 6.18 Å². The predicted octanol–water partition coefficient (Wildman–Crippen LogP) is 2.49. The third-order valence-corrected chi connectivity index (χ3v) is 2.41. The van der Waals surface area contributed by atoms with Gasteiger partial charge in [0.2, 0.25) is 0 Å². The summed E-state index contributed by atoms with van der Waals surface area (Å²) >= 11 is 0. The molecule has 1 aromatic carbocycles. The lowest BCUT2D eigenvalue weighted by molar-refractivity contribution is -0.157. The lowest BCUT2D eigenvalue weighted by atomic mass is 10.1. The summed E-state index contributed by atoms with van der Waals surface area (Å²) in [7, 11) is 1.49. The molecule has 0 spiro atoms. The summed E-state index contributed by atoms with van der Waals surface area (Å²) in [5.74, 6) is -1.39. The third kappa shape index (κ3) is 3.93. The number of nitriles is 1. The number of halogens is 3. The minimum absolute atomic E-state index is 0.221. The van der Waals surface area contributed by atoms with Crippen molar-refractivity contribution in [2.45, 2.75) is 12.7 Å². The zero-order valence-electron chi connectivity index (χ0n) is 9.79. The van der Waals surface area contributed by atoms with Crippen LogP contribution >= 0.6 is 0 Å². The monoisotopic (exact) mass is 258 g/mol. The first-order chi connectivity index (χ1) is 8.49. The van der Waals surface area contributed by atoms with Crippen LogP contribution in [0.4, 0.5) is 13.2 Å². The van der Waals surface area contributed by atoms with Gasteiger partial charge in [0.1, 0.15) is 5.75 Å². The first kappa shape index (κ1) is 14.3. The number of nitrogens with zero attached hydrogens (tertiary/aromatic N) is 1. The van der Waals surface area contributed by atoms with Crippen molar-refractivity contribution < 1.29 is 17.9 Å². The molecule has 1 aromatic rings. The molecule has 1 atom stereocenters. The standard InChI is InChI=1S/C12H13F3N2O/c1-18-11-5-3-2-4-9(11)7-17-8-10(6-16)12(13,14)15/h2-5,10,17H,7-8H2,1H3. The molecule has 0 fully saturated rings.